The van der Waals surface area contributed by atoms with Gasteiger partial charge in [0.25, 0.3) is 5.91 Å². The molecule has 0 heterocycles. The average molecular weight is 473 g/mol. The number of carbonyl (C=O) groups excluding carboxylic acids is 2. The Morgan fingerprint density at radius 1 is 0.882 bits per heavy atom. The molecule has 34 heavy (non-hydrogen) atoms. The lowest BCUT2D eigenvalue weighted by molar-refractivity contribution is -0.137. The molecule has 0 aliphatic carbocycles. The summed E-state index contributed by atoms with van der Waals surface area (Å²) in [5.41, 5.74) is 0.589. The van der Waals surface area contributed by atoms with E-state index < -0.39 is 23.4 Å². The number of ether oxygens (including phenoxy) is 1. The fraction of sp³-hybridized carbons (Fsp3) is 0.308. The summed E-state index contributed by atoms with van der Waals surface area (Å²) in [7, 11) is 0. The van der Waals surface area contributed by atoms with Crippen LogP contribution in [0.1, 0.15) is 50.5 Å². The van der Waals surface area contributed by atoms with Crippen molar-refractivity contribution in [1.82, 2.24) is 5.32 Å². The van der Waals surface area contributed by atoms with Crippen LogP contribution in [-0.4, -0.2) is 23.6 Å². The van der Waals surface area contributed by atoms with Crippen LogP contribution < -0.4 is 10.6 Å². The molecule has 3 aromatic carbocycles. The lowest BCUT2D eigenvalue weighted by Crippen LogP contribution is -2.30. The highest BCUT2D eigenvalue weighted by Crippen LogP contribution is 2.36. The van der Waals surface area contributed by atoms with Gasteiger partial charge in [-0.1, -0.05) is 24.3 Å². The second-order valence-corrected chi connectivity index (χ2v) is 9.25. The van der Waals surface area contributed by atoms with Gasteiger partial charge in [0, 0.05) is 17.0 Å². The summed E-state index contributed by atoms with van der Waals surface area (Å²) in [6, 6.07) is 13.2. The molecule has 0 aliphatic rings. The van der Waals surface area contributed by atoms with Crippen molar-refractivity contribution < 1.29 is 27.5 Å². The van der Waals surface area contributed by atoms with E-state index in [9.17, 15) is 22.8 Å². The largest absolute Gasteiger partial charge is 0.444 e. The maximum absolute atomic E-state index is 13.0. The summed E-state index contributed by atoms with van der Waals surface area (Å²) < 4.78 is 44.3. The molecule has 180 valence electrons. The number of rotatable bonds is 4. The fourth-order valence-electron chi connectivity index (χ4n) is 3.45. The number of hydrogen-bond donors (Lipinski definition) is 2. The molecule has 3 aromatic rings. The van der Waals surface area contributed by atoms with E-state index in [4.69, 9.17) is 4.74 Å². The molecule has 8 heteroatoms. The monoisotopic (exact) mass is 472 g/mol. The van der Waals surface area contributed by atoms with Gasteiger partial charge in [-0.2, -0.15) is 13.2 Å². The second-order valence-electron chi connectivity index (χ2n) is 9.25. The number of alkyl halides is 3. The van der Waals surface area contributed by atoms with Crippen molar-refractivity contribution in [3.63, 3.8) is 0 Å². The third-order valence-electron chi connectivity index (χ3n) is 4.86. The first-order chi connectivity index (χ1) is 15.7. The molecule has 0 fully saturated rings. The summed E-state index contributed by atoms with van der Waals surface area (Å²) in [5, 5.41) is 6.76. The predicted molar refractivity (Wildman–Crippen MR) is 127 cm³/mol. The molecule has 0 radical (unpaired) electrons. The minimum Gasteiger partial charge on any atom is -0.444 e. The van der Waals surface area contributed by atoms with Gasteiger partial charge in [0.1, 0.15) is 5.60 Å². The van der Waals surface area contributed by atoms with E-state index in [1.807, 2.05) is 13.8 Å². The third kappa shape index (κ3) is 6.07. The Labute approximate surface area is 196 Å². The average Bonchev–Trinajstić information content (AvgIpc) is 2.71. The van der Waals surface area contributed by atoms with E-state index in [-0.39, 0.29) is 11.9 Å². The number of benzene rings is 3. The molecule has 5 nitrogen and oxygen atoms in total. The smallest absolute Gasteiger partial charge is 0.416 e. The Morgan fingerprint density at radius 3 is 2.09 bits per heavy atom. The van der Waals surface area contributed by atoms with Gasteiger partial charge in [-0.15, -0.1) is 0 Å². The fourth-order valence-corrected chi connectivity index (χ4v) is 3.45. The van der Waals surface area contributed by atoms with Crippen LogP contribution in [0.25, 0.3) is 21.9 Å². The normalized spacial score (nSPS) is 12.0. The van der Waals surface area contributed by atoms with Gasteiger partial charge in [-0.3, -0.25) is 10.1 Å². The molecule has 2 N–H and O–H groups in total. The molecule has 0 aliphatic heterocycles. The van der Waals surface area contributed by atoms with Crippen molar-refractivity contribution >= 4 is 28.5 Å². The summed E-state index contributed by atoms with van der Waals surface area (Å²) >= 11 is 0. The van der Waals surface area contributed by atoms with Gasteiger partial charge in [0.05, 0.1) is 11.3 Å². The number of halogens is 3. The van der Waals surface area contributed by atoms with Crippen LogP contribution in [0, 0.1) is 0 Å². The number of carbonyl (C=O) groups is 2. The summed E-state index contributed by atoms with van der Waals surface area (Å²) in [5.74, 6) is -0.278. The van der Waals surface area contributed by atoms with Gasteiger partial charge in [-0.05, 0) is 81.5 Å². The quantitative estimate of drug-likeness (QED) is 0.429. The van der Waals surface area contributed by atoms with Crippen molar-refractivity contribution in [2.45, 2.75) is 52.4 Å². The molecule has 0 bridgehead atoms. The minimum atomic E-state index is -4.43. The van der Waals surface area contributed by atoms with Crippen LogP contribution in [0.15, 0.2) is 54.6 Å². The number of hydrogen-bond acceptors (Lipinski definition) is 3. The lowest BCUT2D eigenvalue weighted by atomic mass is 9.95. The zero-order valence-electron chi connectivity index (χ0n) is 19.6. The second kappa shape index (κ2) is 9.37. The first-order valence-electron chi connectivity index (χ1n) is 10.8. The third-order valence-corrected chi connectivity index (χ3v) is 4.86. The molecule has 0 unspecified atom stereocenters. The molecule has 2 amide bonds. The molecule has 0 aromatic heterocycles. The van der Waals surface area contributed by atoms with E-state index in [1.165, 1.54) is 12.1 Å². The van der Waals surface area contributed by atoms with Crippen molar-refractivity contribution in [2.24, 2.45) is 0 Å². The van der Waals surface area contributed by atoms with Gasteiger partial charge >= 0.3 is 12.3 Å². The van der Waals surface area contributed by atoms with E-state index >= 15 is 0 Å². The highest BCUT2D eigenvalue weighted by Gasteiger charge is 2.30. The van der Waals surface area contributed by atoms with Crippen molar-refractivity contribution in [3.8, 4) is 11.1 Å². The molecule has 0 saturated carbocycles. The van der Waals surface area contributed by atoms with Crippen LogP contribution in [0.5, 0.6) is 0 Å². The summed E-state index contributed by atoms with van der Waals surface area (Å²) in [4.78, 5) is 25.0. The number of amides is 2. The first-order valence-corrected chi connectivity index (χ1v) is 10.8. The van der Waals surface area contributed by atoms with Crippen LogP contribution in [0.3, 0.4) is 0 Å². The van der Waals surface area contributed by atoms with Gasteiger partial charge in [0.15, 0.2) is 0 Å². The summed E-state index contributed by atoms with van der Waals surface area (Å²) in [6.45, 7) is 8.92. The Hall–Kier alpha value is -3.55. The molecular formula is C26H27F3N2O3. The first kappa shape index (κ1) is 25.1. The van der Waals surface area contributed by atoms with Crippen LogP contribution in [0.4, 0.5) is 23.7 Å². The topological polar surface area (TPSA) is 67.4 Å². The van der Waals surface area contributed by atoms with E-state index in [0.717, 1.165) is 12.1 Å². The molecule has 0 spiro atoms. The highest BCUT2D eigenvalue weighted by molar-refractivity contribution is 6.09. The molecular weight excluding hydrogens is 445 g/mol. The standard InChI is InChI=1S/C26H27F3N2O3/c1-15(2)30-23(32)17-8-11-20-19(16-6-9-18(10-7-16)26(27,28)29)12-13-22(21(20)14-17)31-24(33)34-25(3,4)5/h6-15H,1-5H3,(H,30,32)(H,31,33). The maximum Gasteiger partial charge on any atom is 0.416 e. The van der Waals surface area contributed by atoms with Crippen molar-refractivity contribution in [3.05, 3.63) is 65.7 Å². The van der Waals surface area contributed by atoms with Crippen LogP contribution in [-0.2, 0) is 10.9 Å². The lowest BCUT2D eigenvalue weighted by Gasteiger charge is -2.20. The zero-order chi connectivity index (χ0) is 25.3. The van der Waals surface area contributed by atoms with E-state index in [2.05, 4.69) is 10.6 Å². The van der Waals surface area contributed by atoms with Gasteiger partial charge in [-0.25, -0.2) is 4.79 Å². The molecule has 0 saturated heterocycles. The zero-order valence-corrected chi connectivity index (χ0v) is 19.6. The summed E-state index contributed by atoms with van der Waals surface area (Å²) in [6.07, 6.45) is -5.09. The van der Waals surface area contributed by atoms with Crippen LogP contribution in [0.2, 0.25) is 0 Å². The number of anilines is 1. The van der Waals surface area contributed by atoms with Crippen molar-refractivity contribution in [2.75, 3.05) is 5.32 Å². The SMILES string of the molecule is CC(C)NC(=O)c1ccc2c(-c3ccc(C(F)(F)F)cc3)ccc(NC(=O)OC(C)(C)C)c2c1. The minimum absolute atomic E-state index is 0.0685. The Balaban J connectivity index is 2.11. The Bertz CT molecular complexity index is 1210. The predicted octanol–water partition coefficient (Wildman–Crippen LogP) is 7.01. The number of nitrogens with one attached hydrogen (secondary N) is 2. The Morgan fingerprint density at radius 2 is 1.53 bits per heavy atom. The molecule has 0 atom stereocenters. The van der Waals surface area contributed by atoms with Gasteiger partial charge < -0.3 is 10.1 Å². The molecule has 3 rings (SSSR count). The van der Waals surface area contributed by atoms with Crippen molar-refractivity contribution in [1.29, 1.82) is 0 Å². The van der Waals surface area contributed by atoms with E-state index in [0.29, 0.717) is 33.2 Å². The van der Waals surface area contributed by atoms with Crippen LogP contribution >= 0.6 is 0 Å². The van der Waals surface area contributed by atoms with E-state index in [1.54, 1.807) is 51.1 Å². The number of fused-ring (bicyclic) bond motifs is 1. The van der Waals surface area contributed by atoms with Gasteiger partial charge in [0.2, 0.25) is 0 Å². The highest BCUT2D eigenvalue weighted by atomic mass is 19.4. The Kier molecular flexibility index (Phi) is 6.91. The maximum atomic E-state index is 13.0.